The second kappa shape index (κ2) is 13.4. The first kappa shape index (κ1) is 23.1. The van der Waals surface area contributed by atoms with E-state index >= 15 is 0 Å². The van der Waals surface area contributed by atoms with Crippen molar-refractivity contribution in [2.24, 2.45) is 0 Å². The maximum atomic E-state index is 11.5. The highest BCUT2D eigenvalue weighted by Crippen LogP contribution is 2.11. The van der Waals surface area contributed by atoms with E-state index in [1.807, 2.05) is 0 Å². The zero-order valence-corrected chi connectivity index (χ0v) is 15.4. The van der Waals surface area contributed by atoms with Crippen LogP contribution in [0.4, 0.5) is 0 Å². The van der Waals surface area contributed by atoms with Crippen LogP contribution in [0.3, 0.4) is 0 Å². The summed E-state index contributed by atoms with van der Waals surface area (Å²) in [4.78, 5) is 43.9. The van der Waals surface area contributed by atoms with Crippen molar-refractivity contribution in [1.82, 2.24) is 0 Å². The molecule has 0 saturated heterocycles. The topological polar surface area (TPSA) is 105 Å². The summed E-state index contributed by atoms with van der Waals surface area (Å²) in [7, 11) is 2.55. The van der Waals surface area contributed by atoms with Crippen molar-refractivity contribution in [1.29, 1.82) is 0 Å². The van der Waals surface area contributed by atoms with Crippen molar-refractivity contribution in [2.75, 3.05) is 27.4 Å². The van der Waals surface area contributed by atoms with Gasteiger partial charge in [-0.2, -0.15) is 0 Å². The summed E-state index contributed by atoms with van der Waals surface area (Å²) in [6.45, 7) is 3.97. The molecule has 0 atom stereocenters. The third-order valence-electron chi connectivity index (χ3n) is 2.91. The second-order valence-corrected chi connectivity index (χ2v) is 4.64. The van der Waals surface area contributed by atoms with Gasteiger partial charge in [0.15, 0.2) is 0 Å². The number of carbonyl (C=O) groups excluding carboxylic acids is 4. The normalized spacial score (nSPS) is 9.23. The van der Waals surface area contributed by atoms with Crippen LogP contribution in [0.1, 0.15) is 47.4 Å². The molecule has 1 rings (SSSR count). The van der Waals surface area contributed by atoms with E-state index in [-0.39, 0.29) is 37.2 Å². The second-order valence-electron chi connectivity index (χ2n) is 4.64. The summed E-state index contributed by atoms with van der Waals surface area (Å²) in [5.41, 5.74) is 0.477. The van der Waals surface area contributed by atoms with Gasteiger partial charge in [0.1, 0.15) is 0 Å². The molecule has 0 radical (unpaired) electrons. The number of hydrogen-bond donors (Lipinski definition) is 0. The third kappa shape index (κ3) is 8.81. The van der Waals surface area contributed by atoms with E-state index in [9.17, 15) is 19.2 Å². The van der Waals surface area contributed by atoms with Crippen molar-refractivity contribution in [3.8, 4) is 0 Å². The van der Waals surface area contributed by atoms with Crippen LogP contribution in [0.2, 0.25) is 0 Å². The van der Waals surface area contributed by atoms with E-state index in [0.29, 0.717) is 0 Å². The summed E-state index contributed by atoms with van der Waals surface area (Å²) in [6, 6.07) is 6.44. The molecule has 0 spiro atoms. The van der Waals surface area contributed by atoms with Gasteiger partial charge in [0.25, 0.3) is 0 Å². The average Bonchev–Trinajstić information content (AvgIpc) is 2.66. The molecule has 0 heterocycles. The van der Waals surface area contributed by atoms with Gasteiger partial charge in [0.05, 0.1) is 51.4 Å². The van der Waals surface area contributed by atoms with Gasteiger partial charge in [0.2, 0.25) is 0 Å². The summed E-state index contributed by atoms with van der Waals surface area (Å²) < 4.78 is 18.3. The Morgan fingerprint density at radius 3 is 1.35 bits per heavy atom. The zero-order chi connectivity index (χ0) is 19.9. The maximum absolute atomic E-state index is 11.5. The molecule has 0 N–H and O–H groups in total. The molecule has 0 aliphatic rings. The molecule has 0 unspecified atom stereocenters. The highest BCUT2D eigenvalue weighted by Gasteiger charge is 2.17. The van der Waals surface area contributed by atoms with Gasteiger partial charge < -0.3 is 18.9 Å². The predicted molar refractivity (Wildman–Crippen MR) is 91.6 cm³/mol. The van der Waals surface area contributed by atoms with Crippen LogP contribution in [0, 0.1) is 0 Å². The van der Waals surface area contributed by atoms with Crippen LogP contribution >= 0.6 is 0 Å². The Bertz CT molecular complexity index is 556. The molecule has 26 heavy (non-hydrogen) atoms. The van der Waals surface area contributed by atoms with Gasteiger partial charge in [-0.05, 0) is 26.0 Å². The van der Waals surface area contributed by atoms with E-state index in [2.05, 4.69) is 9.47 Å². The molecule has 0 aromatic heterocycles. The van der Waals surface area contributed by atoms with E-state index in [1.54, 1.807) is 38.1 Å². The van der Waals surface area contributed by atoms with Gasteiger partial charge >= 0.3 is 23.9 Å². The number of benzene rings is 1. The molecule has 1 aromatic carbocycles. The Morgan fingerprint density at radius 2 is 1.08 bits per heavy atom. The number of rotatable bonds is 7. The molecule has 8 nitrogen and oxygen atoms in total. The van der Waals surface area contributed by atoms with Crippen LogP contribution in [0.25, 0.3) is 0 Å². The minimum atomic E-state index is -0.508. The molecule has 8 heteroatoms. The number of carbonyl (C=O) groups is 4. The van der Waals surface area contributed by atoms with Crippen molar-refractivity contribution in [2.45, 2.75) is 26.7 Å². The van der Waals surface area contributed by atoms with Gasteiger partial charge in [-0.15, -0.1) is 0 Å². The van der Waals surface area contributed by atoms with E-state index in [4.69, 9.17) is 9.47 Å². The fourth-order valence-electron chi connectivity index (χ4n) is 1.67. The quantitative estimate of drug-likeness (QED) is 0.532. The number of esters is 4. The number of ether oxygens (including phenoxy) is 4. The fraction of sp³-hybridized carbons (Fsp3) is 0.444. The lowest BCUT2D eigenvalue weighted by molar-refractivity contribution is -0.147. The van der Waals surface area contributed by atoms with Crippen molar-refractivity contribution in [3.05, 3.63) is 35.4 Å². The summed E-state index contributed by atoms with van der Waals surface area (Å²) in [6.07, 6.45) is 0.173. The fourth-order valence-corrected chi connectivity index (χ4v) is 1.67. The minimum Gasteiger partial charge on any atom is -0.469 e. The van der Waals surface area contributed by atoms with Crippen LogP contribution in [0.15, 0.2) is 24.3 Å². The largest absolute Gasteiger partial charge is 0.469 e. The maximum Gasteiger partial charge on any atom is 0.338 e. The standard InChI is InChI=1S/C12H14O4.C6H10O4/c1-3-15-11(13)9-7-5-6-8-10(9)12(14)16-4-2;1-9-5(7)3-4-6(8)10-2/h5-8H,3-4H2,1-2H3;3-4H2,1-2H3. The third-order valence-corrected chi connectivity index (χ3v) is 2.91. The first-order valence-corrected chi connectivity index (χ1v) is 7.98. The Morgan fingerprint density at radius 1 is 0.731 bits per heavy atom. The molecule has 0 fully saturated rings. The molecule has 0 amide bonds. The van der Waals surface area contributed by atoms with E-state index in [0.717, 1.165) is 0 Å². The Labute approximate surface area is 152 Å². The summed E-state index contributed by atoms with van der Waals surface area (Å²) in [5.74, 6) is -1.81. The van der Waals surface area contributed by atoms with Crippen LogP contribution in [-0.4, -0.2) is 51.3 Å². The molecule has 144 valence electrons. The van der Waals surface area contributed by atoms with E-state index in [1.165, 1.54) is 14.2 Å². The van der Waals surface area contributed by atoms with Crippen LogP contribution in [0.5, 0.6) is 0 Å². The van der Waals surface area contributed by atoms with Gasteiger partial charge in [-0.3, -0.25) is 9.59 Å². The Hall–Kier alpha value is -2.90. The monoisotopic (exact) mass is 368 g/mol. The molecule has 0 aliphatic carbocycles. The molecule has 1 aromatic rings. The highest BCUT2D eigenvalue weighted by atomic mass is 16.5. The molecule has 0 bridgehead atoms. The molecule has 0 saturated carbocycles. The lowest BCUT2D eigenvalue weighted by Gasteiger charge is -2.07. The minimum absolute atomic E-state index is 0.0865. The average molecular weight is 368 g/mol. The summed E-state index contributed by atoms with van der Waals surface area (Å²) >= 11 is 0. The van der Waals surface area contributed by atoms with Gasteiger partial charge in [-0.1, -0.05) is 12.1 Å². The van der Waals surface area contributed by atoms with Crippen molar-refractivity contribution >= 4 is 23.9 Å². The molecular weight excluding hydrogens is 344 g/mol. The van der Waals surface area contributed by atoms with Crippen LogP contribution < -0.4 is 0 Å². The van der Waals surface area contributed by atoms with Crippen molar-refractivity contribution < 1.29 is 38.1 Å². The Kier molecular flexibility index (Phi) is 11.9. The highest BCUT2D eigenvalue weighted by molar-refractivity contribution is 6.03. The zero-order valence-electron chi connectivity index (χ0n) is 15.4. The van der Waals surface area contributed by atoms with Gasteiger partial charge in [-0.25, -0.2) is 9.59 Å². The number of methoxy groups -OCH3 is 2. The Balaban J connectivity index is 0.000000541. The first-order valence-electron chi connectivity index (χ1n) is 7.98. The lowest BCUT2D eigenvalue weighted by atomic mass is 10.1. The van der Waals surface area contributed by atoms with Crippen molar-refractivity contribution in [3.63, 3.8) is 0 Å². The molecular formula is C18H24O8. The lowest BCUT2D eigenvalue weighted by Crippen LogP contribution is -2.13. The predicted octanol–water partition coefficient (Wildman–Crippen LogP) is 2.15. The van der Waals surface area contributed by atoms with Gasteiger partial charge in [0, 0.05) is 0 Å². The SMILES string of the molecule is CCOC(=O)c1ccccc1C(=O)OCC.COC(=O)CCC(=O)OC. The summed E-state index contributed by atoms with van der Waals surface area (Å²) in [5, 5.41) is 0. The van der Waals surface area contributed by atoms with Crippen LogP contribution in [-0.2, 0) is 28.5 Å². The van der Waals surface area contributed by atoms with E-state index < -0.39 is 23.9 Å². The first-order chi connectivity index (χ1) is 12.4. The number of hydrogen-bond acceptors (Lipinski definition) is 8. The molecule has 0 aliphatic heterocycles. The smallest absolute Gasteiger partial charge is 0.338 e.